The van der Waals surface area contributed by atoms with Crippen molar-refractivity contribution in [3.63, 3.8) is 0 Å². The predicted octanol–water partition coefficient (Wildman–Crippen LogP) is 3.22. The molecule has 3 nitrogen and oxygen atoms in total. The third-order valence-electron chi connectivity index (χ3n) is 4.11. The predicted molar refractivity (Wildman–Crippen MR) is 80.6 cm³/mol. The fourth-order valence-electron chi connectivity index (χ4n) is 2.48. The zero-order valence-electron chi connectivity index (χ0n) is 12.2. The molecule has 2 rings (SSSR count). The Balaban J connectivity index is 0.00000242. The van der Waals surface area contributed by atoms with Crippen LogP contribution in [0.2, 0.25) is 0 Å². The summed E-state index contributed by atoms with van der Waals surface area (Å²) in [5, 5.41) is 2.89. The normalized spacial score (nSPS) is 17.9. The molecule has 22 heavy (non-hydrogen) atoms. The molecule has 0 spiro atoms. The Morgan fingerprint density at radius 1 is 1.41 bits per heavy atom. The van der Waals surface area contributed by atoms with Crippen molar-refractivity contribution in [2.24, 2.45) is 11.7 Å². The van der Waals surface area contributed by atoms with Gasteiger partial charge in [-0.3, -0.25) is 4.79 Å². The van der Waals surface area contributed by atoms with Gasteiger partial charge in [0.15, 0.2) is 0 Å². The summed E-state index contributed by atoms with van der Waals surface area (Å²) in [5.41, 5.74) is 4.61. The van der Waals surface area contributed by atoms with E-state index in [1.807, 2.05) is 0 Å². The fourth-order valence-corrected chi connectivity index (χ4v) is 2.48. The number of alkyl halides is 3. The molecule has 1 aromatic carbocycles. The molecule has 1 aliphatic rings. The Labute approximate surface area is 133 Å². The first-order valence-electron chi connectivity index (χ1n) is 6.98. The minimum absolute atomic E-state index is 0. The SMILES string of the molecule is CC(CN)C(=O)NC1(c2cccc(C(F)(F)F)c2)CCC1.Cl. The van der Waals surface area contributed by atoms with Gasteiger partial charge in [0.2, 0.25) is 5.91 Å². The van der Waals surface area contributed by atoms with Crippen molar-refractivity contribution in [2.75, 3.05) is 6.54 Å². The lowest BCUT2D eigenvalue weighted by atomic mass is 9.71. The van der Waals surface area contributed by atoms with E-state index in [1.165, 1.54) is 6.07 Å². The van der Waals surface area contributed by atoms with Crippen LogP contribution in [-0.2, 0) is 16.5 Å². The molecule has 1 fully saturated rings. The second-order valence-electron chi connectivity index (χ2n) is 5.64. The monoisotopic (exact) mass is 336 g/mol. The number of hydrogen-bond donors (Lipinski definition) is 2. The maximum absolute atomic E-state index is 12.8. The van der Waals surface area contributed by atoms with E-state index in [-0.39, 0.29) is 30.8 Å². The quantitative estimate of drug-likeness (QED) is 0.887. The smallest absolute Gasteiger partial charge is 0.346 e. The van der Waals surface area contributed by atoms with Crippen LogP contribution in [0.3, 0.4) is 0 Å². The summed E-state index contributed by atoms with van der Waals surface area (Å²) in [6.07, 6.45) is -2.20. The molecule has 3 N–H and O–H groups in total. The van der Waals surface area contributed by atoms with Gasteiger partial charge in [-0.15, -0.1) is 12.4 Å². The first kappa shape index (κ1) is 18.8. The highest BCUT2D eigenvalue weighted by molar-refractivity contribution is 5.85. The molecular formula is C15H20ClF3N2O. The Hall–Kier alpha value is -1.27. The molecule has 0 aromatic heterocycles. The van der Waals surface area contributed by atoms with E-state index in [1.54, 1.807) is 13.0 Å². The maximum Gasteiger partial charge on any atom is 0.416 e. The lowest BCUT2D eigenvalue weighted by molar-refractivity contribution is -0.137. The van der Waals surface area contributed by atoms with E-state index in [9.17, 15) is 18.0 Å². The Morgan fingerprint density at radius 2 is 2.05 bits per heavy atom. The minimum atomic E-state index is -4.38. The average Bonchev–Trinajstić information content (AvgIpc) is 2.40. The van der Waals surface area contributed by atoms with Gasteiger partial charge in [-0.25, -0.2) is 0 Å². The van der Waals surface area contributed by atoms with Crippen LogP contribution < -0.4 is 11.1 Å². The number of rotatable bonds is 4. The molecule has 1 aromatic rings. The molecule has 0 aliphatic heterocycles. The van der Waals surface area contributed by atoms with Gasteiger partial charge < -0.3 is 11.1 Å². The van der Waals surface area contributed by atoms with Crippen LogP contribution in [0, 0.1) is 5.92 Å². The van der Waals surface area contributed by atoms with E-state index in [4.69, 9.17) is 5.73 Å². The summed E-state index contributed by atoms with van der Waals surface area (Å²) in [4.78, 5) is 12.0. The summed E-state index contributed by atoms with van der Waals surface area (Å²) in [6.45, 7) is 1.92. The highest BCUT2D eigenvalue weighted by Crippen LogP contribution is 2.43. The molecule has 7 heteroatoms. The number of nitrogens with two attached hydrogens (primary N) is 1. The van der Waals surface area contributed by atoms with Crippen LogP contribution >= 0.6 is 12.4 Å². The summed E-state index contributed by atoms with van der Waals surface area (Å²) in [7, 11) is 0. The molecule has 124 valence electrons. The van der Waals surface area contributed by atoms with Gasteiger partial charge in [-0.05, 0) is 37.0 Å². The molecule has 0 bridgehead atoms. The van der Waals surface area contributed by atoms with Crippen LogP contribution in [0.1, 0.15) is 37.3 Å². The van der Waals surface area contributed by atoms with E-state index in [2.05, 4.69) is 5.32 Å². The number of benzene rings is 1. The van der Waals surface area contributed by atoms with Crippen molar-refractivity contribution < 1.29 is 18.0 Å². The molecule has 0 saturated heterocycles. The van der Waals surface area contributed by atoms with Gasteiger partial charge in [-0.2, -0.15) is 13.2 Å². The summed E-state index contributed by atoms with van der Waals surface area (Å²) < 4.78 is 38.5. The van der Waals surface area contributed by atoms with Crippen LogP contribution in [-0.4, -0.2) is 12.5 Å². The summed E-state index contributed by atoms with van der Waals surface area (Å²) >= 11 is 0. The van der Waals surface area contributed by atoms with E-state index in [0.29, 0.717) is 18.4 Å². The minimum Gasteiger partial charge on any atom is -0.346 e. The van der Waals surface area contributed by atoms with Gasteiger partial charge in [0.05, 0.1) is 11.1 Å². The van der Waals surface area contributed by atoms with Crippen LogP contribution in [0.5, 0.6) is 0 Å². The molecule has 1 saturated carbocycles. The van der Waals surface area contributed by atoms with Gasteiger partial charge in [0.25, 0.3) is 0 Å². The van der Waals surface area contributed by atoms with E-state index < -0.39 is 17.3 Å². The van der Waals surface area contributed by atoms with Crippen LogP contribution in [0.25, 0.3) is 0 Å². The topological polar surface area (TPSA) is 55.1 Å². The lowest BCUT2D eigenvalue weighted by Crippen LogP contribution is -2.53. The van der Waals surface area contributed by atoms with Crippen molar-refractivity contribution in [2.45, 2.75) is 37.9 Å². The zero-order valence-corrected chi connectivity index (χ0v) is 13.1. The Bertz CT molecular complexity index is 530. The maximum atomic E-state index is 12.8. The number of hydrogen-bond acceptors (Lipinski definition) is 2. The average molecular weight is 337 g/mol. The highest BCUT2D eigenvalue weighted by Gasteiger charge is 2.42. The van der Waals surface area contributed by atoms with Crippen LogP contribution in [0.4, 0.5) is 13.2 Å². The lowest BCUT2D eigenvalue weighted by Gasteiger charge is -2.44. The first-order chi connectivity index (χ1) is 9.78. The molecular weight excluding hydrogens is 317 g/mol. The first-order valence-corrected chi connectivity index (χ1v) is 6.98. The molecule has 0 heterocycles. The Morgan fingerprint density at radius 3 is 2.50 bits per heavy atom. The third-order valence-corrected chi connectivity index (χ3v) is 4.11. The van der Waals surface area contributed by atoms with E-state index in [0.717, 1.165) is 18.6 Å². The second-order valence-corrected chi connectivity index (χ2v) is 5.64. The van der Waals surface area contributed by atoms with Gasteiger partial charge in [0, 0.05) is 12.5 Å². The molecule has 1 atom stereocenters. The van der Waals surface area contributed by atoms with Gasteiger partial charge in [-0.1, -0.05) is 19.1 Å². The van der Waals surface area contributed by atoms with E-state index >= 15 is 0 Å². The third kappa shape index (κ3) is 3.73. The van der Waals surface area contributed by atoms with Crippen molar-refractivity contribution in [3.05, 3.63) is 35.4 Å². The van der Waals surface area contributed by atoms with Crippen molar-refractivity contribution in [1.82, 2.24) is 5.32 Å². The van der Waals surface area contributed by atoms with Crippen molar-refractivity contribution in [1.29, 1.82) is 0 Å². The number of halogens is 4. The van der Waals surface area contributed by atoms with Crippen LogP contribution in [0.15, 0.2) is 24.3 Å². The number of amides is 1. The zero-order chi connectivity index (χ0) is 15.7. The largest absolute Gasteiger partial charge is 0.416 e. The summed E-state index contributed by atoms with van der Waals surface area (Å²) in [5.74, 6) is -0.567. The fraction of sp³-hybridized carbons (Fsp3) is 0.533. The molecule has 1 aliphatic carbocycles. The standard InChI is InChI=1S/C15H19F3N2O.ClH/c1-10(9-19)13(21)20-14(6-3-7-14)11-4-2-5-12(8-11)15(16,17)18;/h2,4-5,8,10H,3,6-7,9,19H2,1H3,(H,20,21);1H. The number of nitrogens with one attached hydrogen (secondary N) is 1. The number of carbonyl (C=O) groups excluding carboxylic acids is 1. The van der Waals surface area contributed by atoms with Gasteiger partial charge >= 0.3 is 6.18 Å². The molecule has 0 radical (unpaired) electrons. The molecule has 1 amide bonds. The highest BCUT2D eigenvalue weighted by atomic mass is 35.5. The van der Waals surface area contributed by atoms with Gasteiger partial charge in [0.1, 0.15) is 0 Å². The molecule has 1 unspecified atom stereocenters. The van der Waals surface area contributed by atoms with Crippen molar-refractivity contribution >= 4 is 18.3 Å². The second kappa shape index (κ2) is 6.87. The van der Waals surface area contributed by atoms with Crippen molar-refractivity contribution in [3.8, 4) is 0 Å². The summed E-state index contributed by atoms with van der Waals surface area (Å²) in [6, 6.07) is 5.20. The number of carbonyl (C=O) groups is 1. The Kier molecular flexibility index (Phi) is 5.87.